The standard InChI is InChI=1S/C18H24O2/c1-3-8-15(9-4-1)19-17-12-7-13-18(14-17)20-16-10-5-2-6-11-16/h1-5,8-9,16-18H,6-7,10-14H2. The average Bonchev–Trinajstić information content (AvgIpc) is 2.50. The summed E-state index contributed by atoms with van der Waals surface area (Å²) in [6, 6.07) is 10.2. The summed E-state index contributed by atoms with van der Waals surface area (Å²) in [4.78, 5) is 0. The van der Waals surface area contributed by atoms with Gasteiger partial charge in [0.1, 0.15) is 11.9 Å². The van der Waals surface area contributed by atoms with Crippen LogP contribution in [0, 0.1) is 0 Å². The molecule has 0 radical (unpaired) electrons. The van der Waals surface area contributed by atoms with Gasteiger partial charge in [-0.15, -0.1) is 0 Å². The molecule has 20 heavy (non-hydrogen) atoms. The highest BCUT2D eigenvalue weighted by atomic mass is 16.5. The lowest BCUT2D eigenvalue weighted by molar-refractivity contribution is -0.0543. The molecule has 2 aliphatic rings. The largest absolute Gasteiger partial charge is 0.490 e. The van der Waals surface area contributed by atoms with E-state index in [2.05, 4.69) is 12.2 Å². The molecule has 1 aromatic carbocycles. The van der Waals surface area contributed by atoms with E-state index >= 15 is 0 Å². The molecule has 1 saturated carbocycles. The van der Waals surface area contributed by atoms with Gasteiger partial charge in [0.05, 0.1) is 12.2 Å². The van der Waals surface area contributed by atoms with Crippen LogP contribution in [0.5, 0.6) is 5.75 Å². The van der Waals surface area contributed by atoms with Gasteiger partial charge in [-0.1, -0.05) is 30.4 Å². The van der Waals surface area contributed by atoms with Crippen LogP contribution in [0.3, 0.4) is 0 Å². The first-order valence-corrected chi connectivity index (χ1v) is 7.92. The Morgan fingerprint density at radius 2 is 1.70 bits per heavy atom. The molecule has 3 rings (SSSR count). The van der Waals surface area contributed by atoms with E-state index in [-0.39, 0.29) is 0 Å². The van der Waals surface area contributed by atoms with Crippen molar-refractivity contribution in [3.8, 4) is 5.75 Å². The molecule has 3 atom stereocenters. The topological polar surface area (TPSA) is 18.5 Å². The molecule has 0 N–H and O–H groups in total. The van der Waals surface area contributed by atoms with Crippen LogP contribution in [-0.2, 0) is 4.74 Å². The molecular formula is C18H24O2. The Morgan fingerprint density at radius 1 is 0.850 bits per heavy atom. The van der Waals surface area contributed by atoms with Gasteiger partial charge in [0.15, 0.2) is 0 Å². The number of para-hydroxylation sites is 1. The molecule has 1 aromatic rings. The van der Waals surface area contributed by atoms with Crippen LogP contribution in [0.1, 0.15) is 44.9 Å². The number of rotatable bonds is 4. The van der Waals surface area contributed by atoms with Crippen LogP contribution < -0.4 is 4.74 Å². The van der Waals surface area contributed by atoms with Crippen molar-refractivity contribution < 1.29 is 9.47 Å². The smallest absolute Gasteiger partial charge is 0.119 e. The van der Waals surface area contributed by atoms with E-state index in [0.29, 0.717) is 18.3 Å². The van der Waals surface area contributed by atoms with Gasteiger partial charge in [-0.2, -0.15) is 0 Å². The van der Waals surface area contributed by atoms with Crippen LogP contribution >= 0.6 is 0 Å². The normalized spacial score (nSPS) is 30.1. The Hall–Kier alpha value is -1.28. The first kappa shape index (κ1) is 13.7. The van der Waals surface area contributed by atoms with Crippen LogP contribution in [-0.4, -0.2) is 18.3 Å². The minimum atomic E-state index is 0.315. The molecule has 108 valence electrons. The van der Waals surface area contributed by atoms with Crippen LogP contribution in [0.15, 0.2) is 42.5 Å². The molecule has 0 saturated heterocycles. The fourth-order valence-corrected chi connectivity index (χ4v) is 3.19. The van der Waals surface area contributed by atoms with Crippen molar-refractivity contribution >= 4 is 0 Å². The highest BCUT2D eigenvalue weighted by Gasteiger charge is 2.26. The number of allylic oxidation sites excluding steroid dienone is 1. The van der Waals surface area contributed by atoms with E-state index in [1.54, 1.807) is 0 Å². The van der Waals surface area contributed by atoms with Gasteiger partial charge in [0.2, 0.25) is 0 Å². The highest BCUT2D eigenvalue weighted by Crippen LogP contribution is 2.28. The lowest BCUT2D eigenvalue weighted by Gasteiger charge is -2.32. The minimum absolute atomic E-state index is 0.315. The Kier molecular flexibility index (Phi) is 4.75. The maximum Gasteiger partial charge on any atom is 0.119 e. The zero-order chi connectivity index (χ0) is 13.6. The number of hydrogen-bond donors (Lipinski definition) is 0. The van der Waals surface area contributed by atoms with Crippen molar-refractivity contribution in [2.24, 2.45) is 0 Å². The first-order chi connectivity index (χ1) is 9.90. The maximum atomic E-state index is 6.27. The zero-order valence-corrected chi connectivity index (χ0v) is 12.0. The molecule has 0 bridgehead atoms. The number of benzene rings is 1. The van der Waals surface area contributed by atoms with Crippen LogP contribution in [0.4, 0.5) is 0 Å². The quantitative estimate of drug-likeness (QED) is 0.751. The van der Waals surface area contributed by atoms with E-state index in [4.69, 9.17) is 9.47 Å². The summed E-state index contributed by atoms with van der Waals surface area (Å²) in [6.07, 6.45) is 13.7. The first-order valence-electron chi connectivity index (χ1n) is 7.92. The maximum absolute atomic E-state index is 6.27. The molecule has 1 fully saturated rings. The Balaban J connectivity index is 1.50. The molecule has 2 nitrogen and oxygen atoms in total. The van der Waals surface area contributed by atoms with E-state index in [0.717, 1.165) is 25.0 Å². The van der Waals surface area contributed by atoms with E-state index in [1.807, 2.05) is 30.3 Å². The van der Waals surface area contributed by atoms with Crippen LogP contribution in [0.2, 0.25) is 0 Å². The summed E-state index contributed by atoms with van der Waals surface area (Å²) in [5, 5.41) is 0. The molecule has 0 aromatic heterocycles. The summed E-state index contributed by atoms with van der Waals surface area (Å²) >= 11 is 0. The molecule has 3 unspecified atom stereocenters. The molecule has 0 heterocycles. The second kappa shape index (κ2) is 6.94. The SMILES string of the molecule is C1=CCC(OC2CCCC(Oc3ccccc3)C2)CC1. The summed E-state index contributed by atoms with van der Waals surface area (Å²) in [5.74, 6) is 0.985. The molecule has 0 spiro atoms. The van der Waals surface area contributed by atoms with E-state index < -0.39 is 0 Å². The highest BCUT2D eigenvalue weighted by molar-refractivity contribution is 5.21. The summed E-state index contributed by atoms with van der Waals surface area (Å²) in [5.41, 5.74) is 0. The lowest BCUT2D eigenvalue weighted by Crippen LogP contribution is -2.33. The van der Waals surface area contributed by atoms with Gasteiger partial charge < -0.3 is 9.47 Å². The molecule has 2 heteroatoms. The third-order valence-electron chi connectivity index (χ3n) is 4.23. The average molecular weight is 272 g/mol. The summed E-state index contributed by atoms with van der Waals surface area (Å²) in [6.45, 7) is 0. The lowest BCUT2D eigenvalue weighted by atomic mass is 9.94. The van der Waals surface area contributed by atoms with Gasteiger partial charge in [-0.25, -0.2) is 0 Å². The van der Waals surface area contributed by atoms with E-state index in [9.17, 15) is 0 Å². The molecule has 0 aliphatic heterocycles. The van der Waals surface area contributed by atoms with Crippen molar-refractivity contribution in [3.63, 3.8) is 0 Å². The fraction of sp³-hybridized carbons (Fsp3) is 0.556. The summed E-state index contributed by atoms with van der Waals surface area (Å²) in [7, 11) is 0. The minimum Gasteiger partial charge on any atom is -0.490 e. The third-order valence-corrected chi connectivity index (χ3v) is 4.23. The second-order valence-corrected chi connectivity index (χ2v) is 5.88. The van der Waals surface area contributed by atoms with Gasteiger partial charge in [-0.05, 0) is 50.7 Å². The Labute approximate surface area is 121 Å². The second-order valence-electron chi connectivity index (χ2n) is 5.88. The fourth-order valence-electron chi connectivity index (χ4n) is 3.19. The van der Waals surface area contributed by atoms with Crippen LogP contribution in [0.25, 0.3) is 0 Å². The van der Waals surface area contributed by atoms with Crippen molar-refractivity contribution in [1.82, 2.24) is 0 Å². The van der Waals surface area contributed by atoms with Gasteiger partial charge in [0.25, 0.3) is 0 Å². The number of hydrogen-bond acceptors (Lipinski definition) is 2. The van der Waals surface area contributed by atoms with Crippen molar-refractivity contribution in [2.45, 2.75) is 63.3 Å². The predicted octanol–water partition coefficient (Wildman–Crippen LogP) is 4.50. The van der Waals surface area contributed by atoms with Gasteiger partial charge >= 0.3 is 0 Å². The Morgan fingerprint density at radius 3 is 2.50 bits per heavy atom. The van der Waals surface area contributed by atoms with Crippen molar-refractivity contribution in [3.05, 3.63) is 42.5 Å². The zero-order valence-electron chi connectivity index (χ0n) is 12.0. The van der Waals surface area contributed by atoms with Gasteiger partial charge in [0, 0.05) is 6.42 Å². The Bertz CT molecular complexity index is 426. The van der Waals surface area contributed by atoms with E-state index in [1.165, 1.54) is 25.7 Å². The summed E-state index contributed by atoms with van der Waals surface area (Å²) < 4.78 is 12.3. The molecule has 0 amide bonds. The monoisotopic (exact) mass is 272 g/mol. The van der Waals surface area contributed by atoms with Crippen molar-refractivity contribution in [1.29, 1.82) is 0 Å². The molecule has 2 aliphatic carbocycles. The third kappa shape index (κ3) is 3.86. The van der Waals surface area contributed by atoms with Gasteiger partial charge in [-0.3, -0.25) is 0 Å². The van der Waals surface area contributed by atoms with Crippen molar-refractivity contribution in [2.75, 3.05) is 0 Å². The predicted molar refractivity (Wildman–Crippen MR) is 81.0 cm³/mol. The number of ether oxygens (including phenoxy) is 2. The molecular weight excluding hydrogens is 248 g/mol.